The highest BCUT2D eigenvalue weighted by Crippen LogP contribution is 2.15. The van der Waals surface area contributed by atoms with Gasteiger partial charge in [0.1, 0.15) is 59.5 Å². The Kier molecular flexibility index (Phi) is 22.1. The van der Waals surface area contributed by atoms with Gasteiger partial charge in [-0.25, -0.2) is 71.2 Å². The summed E-state index contributed by atoms with van der Waals surface area (Å²) in [5.41, 5.74) is -5.00. The molecule has 0 N–H and O–H groups in total. The second kappa shape index (κ2) is 28.5. The Hall–Kier alpha value is -9.48. The molecule has 1 aromatic heterocycles. The molecule has 0 saturated carbocycles. The number of hydrogen-bond acceptors (Lipinski definition) is 21. The minimum Gasteiger partial charge on any atom is -0.460 e. The Balaban J connectivity index is 1.54. The van der Waals surface area contributed by atoms with E-state index in [1.54, 1.807) is 0 Å². The maximum Gasteiger partial charge on any atom is 0.339 e. The van der Waals surface area contributed by atoms with Crippen molar-refractivity contribution in [1.82, 2.24) is 13.7 Å². The highest BCUT2D eigenvalue weighted by molar-refractivity contribution is 6.04. The lowest BCUT2D eigenvalue weighted by Crippen LogP contribution is -2.55. The number of rotatable bonds is 27. The van der Waals surface area contributed by atoms with Crippen LogP contribution in [-0.4, -0.2) is 127 Å². The van der Waals surface area contributed by atoms with Crippen LogP contribution < -0.4 is 17.1 Å². The van der Waals surface area contributed by atoms with Gasteiger partial charge >= 0.3 is 70.8 Å². The van der Waals surface area contributed by atoms with Crippen LogP contribution in [0.15, 0.2) is 124 Å². The fraction of sp³-hybridized carbons (Fsp3) is 0.294. The van der Waals surface area contributed by atoms with Crippen LogP contribution in [0.4, 0.5) is 0 Å². The Morgan fingerprint density at radius 3 is 0.680 bits per heavy atom. The molecule has 0 amide bonds. The number of ether oxygens (including phenoxy) is 9. The van der Waals surface area contributed by atoms with Crippen molar-refractivity contribution in [2.45, 2.75) is 40.4 Å². The Bertz CT molecular complexity index is 2720. The molecule has 0 fully saturated rings. The van der Waals surface area contributed by atoms with Crippen molar-refractivity contribution in [3.63, 3.8) is 0 Å². The lowest BCUT2D eigenvalue weighted by molar-refractivity contribution is -0.140. The molecule has 396 valence electrons. The summed E-state index contributed by atoms with van der Waals surface area (Å²) in [6, 6.07) is 16.0. The van der Waals surface area contributed by atoms with Gasteiger partial charge in [0.25, 0.3) is 0 Å². The molecular weight excluding hydrogens is 991 g/mol. The zero-order valence-corrected chi connectivity index (χ0v) is 40.9. The zero-order chi connectivity index (χ0) is 55.2. The molecule has 0 unspecified atom stereocenters. The lowest BCUT2D eigenvalue weighted by Gasteiger charge is -2.15. The van der Waals surface area contributed by atoms with Crippen LogP contribution in [0.5, 0.6) is 0 Å². The van der Waals surface area contributed by atoms with E-state index in [1.165, 1.54) is 93.6 Å². The van der Waals surface area contributed by atoms with Crippen molar-refractivity contribution in [1.29, 1.82) is 0 Å². The Morgan fingerprint density at radius 1 is 0.320 bits per heavy atom. The number of aromatic nitrogens is 3. The summed E-state index contributed by atoms with van der Waals surface area (Å²) < 4.78 is 47.5. The van der Waals surface area contributed by atoms with E-state index in [4.69, 9.17) is 42.6 Å². The van der Waals surface area contributed by atoms with E-state index in [1.807, 2.05) is 0 Å². The van der Waals surface area contributed by atoms with Gasteiger partial charge in [-0.2, -0.15) is 0 Å². The lowest BCUT2D eigenvalue weighted by atomic mass is 10.1. The minimum absolute atomic E-state index is 0.121. The summed E-state index contributed by atoms with van der Waals surface area (Å²) in [6.45, 7) is 8.36. The molecule has 75 heavy (non-hydrogen) atoms. The third kappa shape index (κ3) is 16.8. The molecule has 1 heterocycles. The topological polar surface area (TPSA) is 303 Å². The van der Waals surface area contributed by atoms with Crippen molar-refractivity contribution >= 4 is 53.7 Å². The summed E-state index contributed by atoms with van der Waals surface area (Å²) in [5.74, 6) is -8.36. The van der Waals surface area contributed by atoms with Gasteiger partial charge in [-0.05, 0) is 57.2 Å². The van der Waals surface area contributed by atoms with Crippen molar-refractivity contribution in [2.75, 3.05) is 59.5 Å². The first kappa shape index (κ1) is 58.1. The largest absolute Gasteiger partial charge is 0.460 e. The van der Waals surface area contributed by atoms with Gasteiger partial charge in [-0.15, -0.1) is 0 Å². The van der Waals surface area contributed by atoms with Gasteiger partial charge in [-0.3, -0.25) is 0 Å². The summed E-state index contributed by atoms with van der Waals surface area (Å²) in [7, 11) is 0. The molecule has 0 radical (unpaired) electrons. The summed E-state index contributed by atoms with van der Waals surface area (Å²) >= 11 is 0. The normalized spacial score (nSPS) is 10.4. The number of benzene rings is 3. The van der Waals surface area contributed by atoms with Crippen LogP contribution in [0.3, 0.4) is 0 Å². The number of esters is 9. The fourth-order valence-electron chi connectivity index (χ4n) is 6.10. The monoisotopic (exact) mass is 1040 g/mol. The van der Waals surface area contributed by atoms with Crippen LogP contribution in [-0.2, 0) is 76.6 Å². The molecule has 0 aliphatic heterocycles. The average molecular weight is 1040 g/mol. The molecule has 0 aliphatic carbocycles. The van der Waals surface area contributed by atoms with Crippen molar-refractivity contribution < 1.29 is 85.8 Å². The predicted molar refractivity (Wildman–Crippen MR) is 258 cm³/mol. The van der Waals surface area contributed by atoms with Gasteiger partial charge in [0.15, 0.2) is 0 Å². The van der Waals surface area contributed by atoms with E-state index in [0.717, 1.165) is 0 Å². The standard InChI is InChI=1S/C51H51N3O21/c1-31(2)40(55)70-25-28-73-46(61)37-16-10-7-13-34(37)43(58)67-22-19-52-49(64)53(20-23-68-44(59)35-14-8-11-17-38(35)47(62)74-29-26-71-41(56)32(3)4)51(66)54(50(52)65)21-24-69-45(60)36-15-9-12-18-39(36)48(63)75-30-27-72-42(57)33(5)6/h7-18H,1,3,5,19-30H2,2,4,6H3. The van der Waals surface area contributed by atoms with E-state index in [9.17, 15) is 57.5 Å². The molecule has 0 atom stereocenters. The predicted octanol–water partition coefficient (Wildman–Crippen LogP) is 2.57. The molecule has 4 aromatic rings. The maximum absolute atomic E-state index is 13.9. The third-order valence-corrected chi connectivity index (χ3v) is 9.82. The van der Waals surface area contributed by atoms with E-state index >= 15 is 0 Å². The van der Waals surface area contributed by atoms with E-state index in [-0.39, 0.29) is 89.7 Å². The smallest absolute Gasteiger partial charge is 0.339 e. The molecule has 0 saturated heterocycles. The maximum atomic E-state index is 13.9. The fourth-order valence-corrected chi connectivity index (χ4v) is 6.10. The first-order valence-electron chi connectivity index (χ1n) is 22.5. The molecule has 24 heteroatoms. The van der Waals surface area contributed by atoms with Crippen LogP contribution in [0.1, 0.15) is 82.9 Å². The van der Waals surface area contributed by atoms with Crippen molar-refractivity contribution in [3.05, 3.63) is 174 Å². The molecule has 24 nitrogen and oxygen atoms in total. The molecule has 0 bridgehead atoms. The van der Waals surface area contributed by atoms with Gasteiger partial charge in [0, 0.05) is 16.7 Å². The Morgan fingerprint density at radius 2 is 0.493 bits per heavy atom. The van der Waals surface area contributed by atoms with Crippen LogP contribution in [0.2, 0.25) is 0 Å². The van der Waals surface area contributed by atoms with Crippen molar-refractivity contribution in [2.24, 2.45) is 0 Å². The van der Waals surface area contributed by atoms with Gasteiger partial charge in [0.2, 0.25) is 0 Å². The molecule has 0 spiro atoms. The van der Waals surface area contributed by atoms with Gasteiger partial charge in [0.05, 0.1) is 53.0 Å². The van der Waals surface area contributed by atoms with Gasteiger partial charge < -0.3 is 42.6 Å². The van der Waals surface area contributed by atoms with E-state index in [0.29, 0.717) is 13.7 Å². The summed E-state index contributed by atoms with van der Waals surface area (Å²) in [4.78, 5) is 155. The minimum atomic E-state index is -1.26. The first-order chi connectivity index (χ1) is 35.7. The van der Waals surface area contributed by atoms with Gasteiger partial charge in [-0.1, -0.05) is 56.1 Å². The highest BCUT2D eigenvalue weighted by Gasteiger charge is 2.24. The second-order valence-electron chi connectivity index (χ2n) is 15.5. The van der Waals surface area contributed by atoms with Crippen molar-refractivity contribution in [3.8, 4) is 0 Å². The zero-order valence-electron chi connectivity index (χ0n) is 40.9. The number of nitrogens with zero attached hydrogens (tertiary/aromatic N) is 3. The Labute approximate surface area is 426 Å². The summed E-state index contributed by atoms with van der Waals surface area (Å²) in [5, 5.41) is 0. The SMILES string of the molecule is C=C(C)C(=O)OCCOC(=O)c1ccccc1C(=O)OCCn1c(=O)n(CCOC(=O)c2ccccc2C(=O)OCCOC(=O)C(=C)C)c(=O)n(CCOC(=O)c2ccccc2C(=O)OCCOC(=O)C(=C)C)c1=O. The molecular formula is C51H51N3O21. The number of carbonyl (C=O) groups is 9. The second-order valence-corrected chi connectivity index (χ2v) is 15.5. The first-order valence-corrected chi connectivity index (χ1v) is 22.5. The molecule has 3 aromatic carbocycles. The number of carbonyl (C=O) groups excluding carboxylic acids is 9. The summed E-state index contributed by atoms with van der Waals surface area (Å²) in [6.07, 6.45) is 0. The average Bonchev–Trinajstić information content (AvgIpc) is 3.39. The van der Waals surface area contributed by atoms with E-state index in [2.05, 4.69) is 19.7 Å². The van der Waals surface area contributed by atoms with Crippen LogP contribution in [0.25, 0.3) is 0 Å². The third-order valence-electron chi connectivity index (χ3n) is 9.82. The van der Waals surface area contributed by atoms with Crippen LogP contribution >= 0.6 is 0 Å². The molecule has 4 rings (SSSR count). The number of hydrogen-bond donors (Lipinski definition) is 0. The molecule has 0 aliphatic rings. The highest BCUT2D eigenvalue weighted by atomic mass is 16.6. The van der Waals surface area contributed by atoms with Crippen LogP contribution in [0, 0.1) is 0 Å². The quantitative estimate of drug-likeness (QED) is 0.0359. The van der Waals surface area contributed by atoms with E-state index < -0.39 is 110 Å².